The van der Waals surface area contributed by atoms with Gasteiger partial charge in [-0.3, -0.25) is 0 Å². The summed E-state index contributed by atoms with van der Waals surface area (Å²) >= 11 is 0. The molecule has 21 heavy (non-hydrogen) atoms. The third kappa shape index (κ3) is 3.32. The standard InChI is InChI=1S/C15H25N3O2S/c1-17(2)21(19,20)13-9-10-15(14(16)11-13)18(3)12-7-5-4-6-8-12/h9-12H,4-8,16H2,1-3H3. The van der Waals surface area contributed by atoms with Gasteiger partial charge in [-0.1, -0.05) is 19.3 Å². The topological polar surface area (TPSA) is 66.6 Å². The number of nitrogens with zero attached hydrogens (tertiary/aromatic N) is 2. The Bertz CT molecular complexity index is 593. The molecule has 0 spiro atoms. The van der Waals surface area contributed by atoms with Crippen molar-refractivity contribution in [3.05, 3.63) is 18.2 Å². The van der Waals surface area contributed by atoms with Crippen molar-refractivity contribution in [1.82, 2.24) is 4.31 Å². The number of sulfonamides is 1. The van der Waals surface area contributed by atoms with Crippen molar-refractivity contribution in [3.63, 3.8) is 0 Å². The molecule has 1 aliphatic carbocycles. The second kappa shape index (κ2) is 6.23. The van der Waals surface area contributed by atoms with Gasteiger partial charge in [-0.05, 0) is 31.0 Å². The molecule has 1 saturated carbocycles. The van der Waals surface area contributed by atoms with E-state index in [1.54, 1.807) is 12.1 Å². The minimum Gasteiger partial charge on any atom is -0.397 e. The Morgan fingerprint density at radius 1 is 1.10 bits per heavy atom. The average molecular weight is 311 g/mol. The first-order valence-electron chi connectivity index (χ1n) is 7.39. The Hall–Kier alpha value is -1.27. The van der Waals surface area contributed by atoms with Gasteiger partial charge in [0, 0.05) is 27.2 Å². The second-order valence-corrected chi connectivity index (χ2v) is 8.06. The van der Waals surface area contributed by atoms with Crippen molar-refractivity contribution in [2.24, 2.45) is 0 Å². The maximum Gasteiger partial charge on any atom is 0.242 e. The highest BCUT2D eigenvalue weighted by Crippen LogP contribution is 2.31. The predicted octanol–water partition coefficient (Wildman–Crippen LogP) is 2.29. The van der Waals surface area contributed by atoms with Crippen molar-refractivity contribution in [2.45, 2.75) is 43.0 Å². The van der Waals surface area contributed by atoms with E-state index in [4.69, 9.17) is 5.73 Å². The molecule has 0 amide bonds. The lowest BCUT2D eigenvalue weighted by atomic mass is 9.94. The molecule has 0 radical (unpaired) electrons. The van der Waals surface area contributed by atoms with Gasteiger partial charge in [0.1, 0.15) is 0 Å². The molecule has 2 rings (SSSR count). The van der Waals surface area contributed by atoms with Crippen LogP contribution >= 0.6 is 0 Å². The van der Waals surface area contributed by atoms with Gasteiger partial charge in [-0.2, -0.15) is 0 Å². The second-order valence-electron chi connectivity index (χ2n) is 5.91. The van der Waals surface area contributed by atoms with Crippen molar-refractivity contribution < 1.29 is 8.42 Å². The van der Waals surface area contributed by atoms with Crippen molar-refractivity contribution in [2.75, 3.05) is 31.8 Å². The maximum absolute atomic E-state index is 12.1. The van der Waals surface area contributed by atoms with E-state index in [2.05, 4.69) is 4.90 Å². The van der Waals surface area contributed by atoms with Gasteiger partial charge < -0.3 is 10.6 Å². The zero-order chi connectivity index (χ0) is 15.6. The van der Waals surface area contributed by atoms with E-state index in [-0.39, 0.29) is 4.90 Å². The number of nitrogens with two attached hydrogens (primary N) is 1. The largest absolute Gasteiger partial charge is 0.397 e. The Kier molecular flexibility index (Phi) is 4.78. The van der Waals surface area contributed by atoms with Crippen molar-refractivity contribution in [1.29, 1.82) is 0 Å². The molecule has 1 aromatic rings. The minimum atomic E-state index is -3.43. The van der Waals surface area contributed by atoms with Crippen LogP contribution in [0.5, 0.6) is 0 Å². The molecule has 0 atom stereocenters. The van der Waals surface area contributed by atoms with E-state index in [0.717, 1.165) is 5.69 Å². The summed E-state index contributed by atoms with van der Waals surface area (Å²) in [5.41, 5.74) is 7.54. The molecule has 0 bridgehead atoms. The van der Waals surface area contributed by atoms with E-state index in [9.17, 15) is 8.42 Å². The lowest BCUT2D eigenvalue weighted by Gasteiger charge is -2.33. The zero-order valence-corrected chi connectivity index (χ0v) is 13.9. The SMILES string of the molecule is CN(c1ccc(S(=O)(=O)N(C)C)cc1N)C1CCCCC1. The quantitative estimate of drug-likeness (QED) is 0.866. The smallest absolute Gasteiger partial charge is 0.242 e. The van der Waals surface area contributed by atoms with Crippen LogP contribution in [0.2, 0.25) is 0 Å². The number of hydrogen-bond donors (Lipinski definition) is 1. The molecule has 0 unspecified atom stereocenters. The van der Waals surface area contributed by atoms with Gasteiger partial charge in [-0.25, -0.2) is 12.7 Å². The van der Waals surface area contributed by atoms with E-state index >= 15 is 0 Å². The summed E-state index contributed by atoms with van der Waals surface area (Å²) in [5.74, 6) is 0. The molecule has 1 aliphatic rings. The summed E-state index contributed by atoms with van der Waals surface area (Å²) in [6, 6.07) is 5.52. The van der Waals surface area contributed by atoms with Crippen LogP contribution < -0.4 is 10.6 Å². The van der Waals surface area contributed by atoms with Crippen LogP contribution in [0.1, 0.15) is 32.1 Å². The molecule has 118 valence electrons. The van der Waals surface area contributed by atoms with Gasteiger partial charge in [-0.15, -0.1) is 0 Å². The first-order valence-corrected chi connectivity index (χ1v) is 8.83. The van der Waals surface area contributed by atoms with Crippen LogP contribution in [-0.2, 0) is 10.0 Å². The van der Waals surface area contributed by atoms with Gasteiger partial charge in [0.25, 0.3) is 0 Å². The van der Waals surface area contributed by atoms with Gasteiger partial charge in [0.2, 0.25) is 10.0 Å². The predicted molar refractivity (Wildman–Crippen MR) is 87.0 cm³/mol. The van der Waals surface area contributed by atoms with Crippen LogP contribution in [0, 0.1) is 0 Å². The Labute approximate surface area is 127 Å². The van der Waals surface area contributed by atoms with Crippen LogP contribution in [0.4, 0.5) is 11.4 Å². The van der Waals surface area contributed by atoms with E-state index < -0.39 is 10.0 Å². The number of rotatable bonds is 4. The summed E-state index contributed by atoms with van der Waals surface area (Å²) in [5, 5.41) is 0. The summed E-state index contributed by atoms with van der Waals surface area (Å²) in [6.45, 7) is 0. The monoisotopic (exact) mass is 311 g/mol. The highest BCUT2D eigenvalue weighted by Gasteiger charge is 2.22. The van der Waals surface area contributed by atoms with Gasteiger partial charge in [0.05, 0.1) is 16.3 Å². The molecule has 0 saturated heterocycles. The molecule has 6 heteroatoms. The lowest BCUT2D eigenvalue weighted by Crippen LogP contribution is -2.33. The molecule has 0 aromatic heterocycles. The summed E-state index contributed by atoms with van der Waals surface area (Å²) in [4.78, 5) is 2.44. The molecule has 2 N–H and O–H groups in total. The third-order valence-electron chi connectivity index (χ3n) is 4.28. The summed E-state index contributed by atoms with van der Waals surface area (Å²) in [6.07, 6.45) is 6.16. The highest BCUT2D eigenvalue weighted by atomic mass is 32.2. The number of anilines is 2. The third-order valence-corrected chi connectivity index (χ3v) is 6.09. The average Bonchev–Trinajstić information content (AvgIpc) is 2.47. The number of benzene rings is 1. The summed E-state index contributed by atoms with van der Waals surface area (Å²) < 4.78 is 25.4. The fourth-order valence-electron chi connectivity index (χ4n) is 2.89. The fraction of sp³-hybridized carbons (Fsp3) is 0.600. The maximum atomic E-state index is 12.1. The van der Waals surface area contributed by atoms with E-state index in [1.165, 1.54) is 50.5 Å². The number of nitrogen functional groups attached to an aromatic ring is 1. The van der Waals surface area contributed by atoms with Crippen molar-refractivity contribution >= 4 is 21.4 Å². The van der Waals surface area contributed by atoms with Crippen LogP contribution in [0.15, 0.2) is 23.1 Å². The highest BCUT2D eigenvalue weighted by molar-refractivity contribution is 7.89. The first-order chi connectivity index (χ1) is 9.84. The molecule has 1 aromatic carbocycles. The Balaban J connectivity index is 2.27. The van der Waals surface area contributed by atoms with E-state index in [1.807, 2.05) is 13.1 Å². The lowest BCUT2D eigenvalue weighted by molar-refractivity contribution is 0.428. The molecular weight excluding hydrogens is 286 g/mol. The molecule has 5 nitrogen and oxygen atoms in total. The van der Waals surface area contributed by atoms with Gasteiger partial charge >= 0.3 is 0 Å². The van der Waals surface area contributed by atoms with E-state index in [0.29, 0.717) is 11.7 Å². The number of hydrogen-bond acceptors (Lipinski definition) is 4. The first kappa shape index (κ1) is 16.1. The minimum absolute atomic E-state index is 0.241. The Morgan fingerprint density at radius 2 is 1.71 bits per heavy atom. The van der Waals surface area contributed by atoms with Crippen LogP contribution in [0.3, 0.4) is 0 Å². The normalized spacial score (nSPS) is 17.1. The molecule has 0 heterocycles. The summed E-state index contributed by atoms with van der Waals surface area (Å²) in [7, 11) is 1.65. The molecule has 0 aliphatic heterocycles. The molecular formula is C15H25N3O2S. The van der Waals surface area contributed by atoms with Crippen LogP contribution in [0.25, 0.3) is 0 Å². The van der Waals surface area contributed by atoms with Gasteiger partial charge in [0.15, 0.2) is 0 Å². The van der Waals surface area contributed by atoms with Crippen LogP contribution in [-0.4, -0.2) is 39.9 Å². The Morgan fingerprint density at radius 3 is 2.24 bits per heavy atom. The van der Waals surface area contributed by atoms with Crippen molar-refractivity contribution in [3.8, 4) is 0 Å². The molecule has 1 fully saturated rings. The fourth-order valence-corrected chi connectivity index (χ4v) is 3.83. The zero-order valence-electron chi connectivity index (χ0n) is 13.0.